The maximum atomic E-state index is 11.9. The molecule has 0 bridgehead atoms. The quantitative estimate of drug-likeness (QED) is 0.770. The first-order valence-electron chi connectivity index (χ1n) is 6.35. The maximum Gasteiger partial charge on any atom is 0.335 e. The van der Waals surface area contributed by atoms with E-state index in [1.165, 1.54) is 24.3 Å². The second-order valence-electron chi connectivity index (χ2n) is 4.80. The van der Waals surface area contributed by atoms with Gasteiger partial charge in [0.15, 0.2) is 15.9 Å². The molecular weight excluding hydrogens is 380 g/mol. The van der Waals surface area contributed by atoms with Crippen molar-refractivity contribution in [1.29, 1.82) is 0 Å². The SMILES string of the molecule is CS(=O)(=O)c1cc(C(=O)O)ccc1OC1C=CC(Cl)=CC1=S(=O)=O. The molecule has 0 spiro atoms. The van der Waals surface area contributed by atoms with Crippen LogP contribution in [-0.2, 0) is 20.1 Å². The summed E-state index contributed by atoms with van der Waals surface area (Å²) in [6, 6.07) is 3.28. The molecule has 0 saturated heterocycles. The van der Waals surface area contributed by atoms with Crippen LogP contribution in [0.3, 0.4) is 0 Å². The van der Waals surface area contributed by atoms with E-state index in [0.717, 1.165) is 18.4 Å². The molecule has 24 heavy (non-hydrogen) atoms. The van der Waals surface area contributed by atoms with Crippen LogP contribution >= 0.6 is 11.6 Å². The summed E-state index contributed by atoms with van der Waals surface area (Å²) in [5.41, 5.74) is -0.235. The van der Waals surface area contributed by atoms with E-state index in [1.54, 1.807) is 0 Å². The normalized spacial score (nSPS) is 17.3. The molecule has 0 aromatic heterocycles. The average Bonchev–Trinajstić information content (AvgIpc) is 2.47. The van der Waals surface area contributed by atoms with E-state index < -0.39 is 32.2 Å². The molecule has 10 heteroatoms. The molecule has 0 aliphatic heterocycles. The third-order valence-corrected chi connectivity index (χ3v) is 5.12. The molecule has 1 N–H and O–H groups in total. The Morgan fingerprint density at radius 2 is 2.00 bits per heavy atom. The second-order valence-corrected chi connectivity index (χ2v) is 8.16. The van der Waals surface area contributed by atoms with Gasteiger partial charge < -0.3 is 9.84 Å². The van der Waals surface area contributed by atoms with Gasteiger partial charge in [-0.2, -0.15) is 8.42 Å². The Kier molecular flexibility index (Phi) is 5.16. The number of aromatic carboxylic acids is 1. The highest BCUT2D eigenvalue weighted by atomic mass is 35.5. The molecule has 1 aliphatic carbocycles. The highest BCUT2D eigenvalue weighted by molar-refractivity contribution is 7.90. The highest BCUT2D eigenvalue weighted by Crippen LogP contribution is 2.28. The smallest absolute Gasteiger partial charge is 0.335 e. The lowest BCUT2D eigenvalue weighted by Gasteiger charge is -2.19. The topological polar surface area (TPSA) is 115 Å². The summed E-state index contributed by atoms with van der Waals surface area (Å²) in [6.07, 6.45) is 3.76. The van der Waals surface area contributed by atoms with Crippen LogP contribution in [0.15, 0.2) is 46.4 Å². The highest BCUT2D eigenvalue weighted by Gasteiger charge is 2.23. The van der Waals surface area contributed by atoms with E-state index >= 15 is 0 Å². The van der Waals surface area contributed by atoms with Gasteiger partial charge in [0, 0.05) is 11.3 Å². The first kappa shape index (κ1) is 18.2. The number of halogens is 1. The molecule has 2 rings (SSSR count). The molecule has 1 aliphatic rings. The molecule has 128 valence electrons. The van der Waals surface area contributed by atoms with Crippen molar-refractivity contribution in [3.05, 3.63) is 47.0 Å². The summed E-state index contributed by atoms with van der Waals surface area (Å²) < 4.78 is 51.8. The summed E-state index contributed by atoms with van der Waals surface area (Å²) in [5, 5.41) is 9.16. The number of sulfone groups is 1. The van der Waals surface area contributed by atoms with Crippen LogP contribution in [0.5, 0.6) is 5.75 Å². The Hall–Kier alpha value is -2.10. The maximum absolute atomic E-state index is 11.9. The summed E-state index contributed by atoms with van der Waals surface area (Å²) in [5.74, 6) is -1.46. The van der Waals surface area contributed by atoms with Gasteiger partial charge in [0.2, 0.25) is 10.3 Å². The van der Waals surface area contributed by atoms with Gasteiger partial charge in [-0.25, -0.2) is 13.2 Å². The van der Waals surface area contributed by atoms with E-state index in [4.69, 9.17) is 21.4 Å². The number of carboxylic acids is 1. The van der Waals surface area contributed by atoms with E-state index in [1.807, 2.05) is 0 Å². The zero-order valence-corrected chi connectivity index (χ0v) is 14.5. The second kappa shape index (κ2) is 6.80. The first-order valence-corrected chi connectivity index (χ1v) is 9.69. The van der Waals surface area contributed by atoms with E-state index in [2.05, 4.69) is 0 Å². The van der Waals surface area contributed by atoms with Crippen LogP contribution in [0, 0.1) is 0 Å². The molecular formula is C14H11ClO7S2. The summed E-state index contributed by atoms with van der Waals surface area (Å²) in [7, 11) is -6.44. The lowest BCUT2D eigenvalue weighted by atomic mass is 10.1. The molecule has 0 radical (unpaired) electrons. The Balaban J connectivity index is 2.53. The fourth-order valence-electron chi connectivity index (χ4n) is 1.95. The van der Waals surface area contributed by atoms with Crippen LogP contribution in [0.25, 0.3) is 0 Å². The van der Waals surface area contributed by atoms with Gasteiger partial charge in [-0.1, -0.05) is 11.6 Å². The predicted octanol–water partition coefficient (Wildman–Crippen LogP) is 1.28. The molecule has 0 amide bonds. The molecule has 7 nitrogen and oxygen atoms in total. The van der Waals surface area contributed by atoms with Crippen molar-refractivity contribution < 1.29 is 31.5 Å². The van der Waals surface area contributed by atoms with Crippen molar-refractivity contribution in [3.8, 4) is 5.75 Å². The third kappa shape index (κ3) is 4.05. The van der Waals surface area contributed by atoms with Crippen LogP contribution < -0.4 is 4.74 Å². The van der Waals surface area contributed by atoms with Gasteiger partial charge in [0.25, 0.3) is 0 Å². The van der Waals surface area contributed by atoms with Crippen LogP contribution in [0.1, 0.15) is 10.4 Å². The molecule has 0 fully saturated rings. The zero-order valence-electron chi connectivity index (χ0n) is 12.1. The fraction of sp³-hybridized carbons (Fsp3) is 0.143. The molecule has 1 aromatic carbocycles. The number of allylic oxidation sites excluding steroid dienone is 2. The zero-order chi connectivity index (χ0) is 18.1. The van der Waals surface area contributed by atoms with Crippen LogP contribution in [-0.4, -0.2) is 45.1 Å². The molecule has 1 atom stereocenters. The Labute approximate surface area is 144 Å². The standard InChI is InChI=1S/C14H11ClO7S2/c1-24(20,21)13-6-8(14(16)17)2-4-11(13)22-10-5-3-9(15)7-12(10)23(18)19/h2-7,10H,1H3,(H,16,17). The van der Waals surface area contributed by atoms with E-state index in [0.29, 0.717) is 0 Å². The molecule has 1 unspecified atom stereocenters. The number of rotatable bonds is 4. The van der Waals surface area contributed by atoms with Crippen molar-refractivity contribution in [1.82, 2.24) is 0 Å². The number of hydrogen-bond acceptors (Lipinski definition) is 6. The summed E-state index contributed by atoms with van der Waals surface area (Å²) in [4.78, 5) is 10.5. The van der Waals surface area contributed by atoms with Crippen molar-refractivity contribution in [2.75, 3.05) is 6.26 Å². The van der Waals surface area contributed by atoms with E-state index in [9.17, 15) is 21.6 Å². The van der Waals surface area contributed by atoms with Crippen molar-refractivity contribution >= 4 is 42.6 Å². The molecule has 1 aromatic rings. The van der Waals surface area contributed by atoms with Gasteiger partial charge in [-0.05, 0) is 36.4 Å². The van der Waals surface area contributed by atoms with Gasteiger partial charge in [-0.3, -0.25) is 0 Å². The third-order valence-electron chi connectivity index (χ3n) is 3.03. The number of carbonyl (C=O) groups is 1. The van der Waals surface area contributed by atoms with Gasteiger partial charge in [0.05, 0.1) is 5.56 Å². The molecule has 0 saturated carbocycles. The minimum absolute atomic E-state index is 0.161. The van der Waals surface area contributed by atoms with Gasteiger partial charge >= 0.3 is 5.97 Å². The Morgan fingerprint density at radius 1 is 1.33 bits per heavy atom. The molecule has 0 heterocycles. The minimum atomic E-state index is -3.81. The van der Waals surface area contributed by atoms with E-state index in [-0.39, 0.29) is 26.1 Å². The number of carboxylic acid groups (broad SMARTS) is 1. The lowest BCUT2D eigenvalue weighted by molar-refractivity contribution is 0.0696. The van der Waals surface area contributed by atoms with Crippen molar-refractivity contribution in [3.63, 3.8) is 0 Å². The fourth-order valence-corrected chi connectivity index (χ4v) is 3.56. The first-order chi connectivity index (χ1) is 11.1. The van der Waals surface area contributed by atoms with Crippen molar-refractivity contribution in [2.45, 2.75) is 11.0 Å². The Morgan fingerprint density at radius 3 is 2.54 bits per heavy atom. The van der Waals surface area contributed by atoms with Gasteiger partial charge in [0.1, 0.15) is 15.5 Å². The lowest BCUT2D eigenvalue weighted by Crippen LogP contribution is -2.27. The summed E-state index contributed by atoms with van der Waals surface area (Å²) >= 11 is 5.75. The average molecular weight is 391 g/mol. The predicted molar refractivity (Wildman–Crippen MR) is 87.9 cm³/mol. The largest absolute Gasteiger partial charge is 0.479 e. The Bertz CT molecular complexity index is 994. The van der Waals surface area contributed by atoms with Crippen LogP contribution in [0.4, 0.5) is 0 Å². The number of hydrogen-bond donors (Lipinski definition) is 1. The van der Waals surface area contributed by atoms with Crippen LogP contribution in [0.2, 0.25) is 0 Å². The number of benzene rings is 1. The monoisotopic (exact) mass is 390 g/mol. The van der Waals surface area contributed by atoms with Crippen molar-refractivity contribution in [2.24, 2.45) is 0 Å². The van der Waals surface area contributed by atoms with Gasteiger partial charge in [-0.15, -0.1) is 0 Å². The minimum Gasteiger partial charge on any atom is -0.479 e. The summed E-state index contributed by atoms with van der Waals surface area (Å²) in [6.45, 7) is 0. The number of ether oxygens (including phenoxy) is 1.